The van der Waals surface area contributed by atoms with Crippen molar-refractivity contribution in [3.8, 4) is 0 Å². The molecule has 2 N–H and O–H groups in total. The lowest BCUT2D eigenvalue weighted by atomic mass is 10.3. The second-order valence-corrected chi connectivity index (χ2v) is 5.46. The number of aromatic nitrogens is 1. The molecule has 2 rings (SSSR count). The van der Waals surface area contributed by atoms with Crippen molar-refractivity contribution >= 4 is 34.7 Å². The minimum Gasteiger partial charge on any atom is -0.363 e. The molecular formula is C14H16N4O2S. The fourth-order valence-corrected chi connectivity index (χ4v) is 2.23. The van der Waals surface area contributed by atoms with Crippen LogP contribution in [0, 0.1) is 0 Å². The van der Waals surface area contributed by atoms with Gasteiger partial charge in [-0.25, -0.2) is 4.98 Å². The van der Waals surface area contributed by atoms with Crippen LogP contribution in [0.4, 0.5) is 11.5 Å². The Morgan fingerprint density at radius 3 is 2.67 bits per heavy atom. The fourth-order valence-electron chi connectivity index (χ4n) is 1.59. The Labute approximate surface area is 126 Å². The quantitative estimate of drug-likeness (QED) is 0.879. The summed E-state index contributed by atoms with van der Waals surface area (Å²) < 4.78 is 0. The summed E-state index contributed by atoms with van der Waals surface area (Å²) in [6.07, 6.45) is 1.58. The summed E-state index contributed by atoms with van der Waals surface area (Å²) >= 11 is 1.33. The molecule has 110 valence electrons. The SMILES string of the molecule is CN(C)c1ccc(NC(=O)CNC(=O)c2cccs2)cn1. The number of hydrogen-bond donors (Lipinski definition) is 2. The maximum absolute atomic E-state index is 11.7. The summed E-state index contributed by atoms with van der Waals surface area (Å²) in [5.74, 6) is 0.263. The van der Waals surface area contributed by atoms with Gasteiger partial charge in [-0.1, -0.05) is 6.07 Å². The van der Waals surface area contributed by atoms with Crippen LogP contribution >= 0.6 is 11.3 Å². The molecule has 0 saturated carbocycles. The third kappa shape index (κ3) is 4.28. The van der Waals surface area contributed by atoms with Gasteiger partial charge in [-0.05, 0) is 23.6 Å². The molecule has 0 spiro atoms. The van der Waals surface area contributed by atoms with Gasteiger partial charge in [0.2, 0.25) is 5.91 Å². The van der Waals surface area contributed by atoms with Crippen molar-refractivity contribution in [2.24, 2.45) is 0 Å². The van der Waals surface area contributed by atoms with Gasteiger partial charge in [0.25, 0.3) is 5.91 Å². The smallest absolute Gasteiger partial charge is 0.261 e. The van der Waals surface area contributed by atoms with E-state index in [0.29, 0.717) is 10.6 Å². The molecule has 6 nitrogen and oxygen atoms in total. The Morgan fingerprint density at radius 1 is 1.29 bits per heavy atom. The molecule has 0 bridgehead atoms. The van der Waals surface area contributed by atoms with Gasteiger partial charge in [0, 0.05) is 14.1 Å². The third-order valence-corrected chi connectivity index (χ3v) is 3.51. The van der Waals surface area contributed by atoms with E-state index in [9.17, 15) is 9.59 Å². The maximum Gasteiger partial charge on any atom is 0.261 e. The summed E-state index contributed by atoms with van der Waals surface area (Å²) in [6.45, 7) is -0.0772. The van der Waals surface area contributed by atoms with Crippen molar-refractivity contribution in [1.82, 2.24) is 10.3 Å². The monoisotopic (exact) mass is 304 g/mol. The van der Waals surface area contributed by atoms with Crippen LogP contribution < -0.4 is 15.5 Å². The second-order valence-electron chi connectivity index (χ2n) is 4.51. The highest BCUT2D eigenvalue weighted by Gasteiger charge is 2.09. The van der Waals surface area contributed by atoms with Crippen LogP contribution in [0.25, 0.3) is 0 Å². The fraction of sp³-hybridized carbons (Fsp3) is 0.214. The summed E-state index contributed by atoms with van der Waals surface area (Å²) in [5.41, 5.74) is 0.593. The number of rotatable bonds is 5. The zero-order valence-electron chi connectivity index (χ0n) is 11.8. The van der Waals surface area contributed by atoms with Gasteiger partial charge in [0.05, 0.1) is 23.3 Å². The maximum atomic E-state index is 11.7. The van der Waals surface area contributed by atoms with Crippen molar-refractivity contribution in [2.45, 2.75) is 0 Å². The number of nitrogens with zero attached hydrogens (tertiary/aromatic N) is 2. The number of nitrogens with one attached hydrogen (secondary N) is 2. The van der Waals surface area contributed by atoms with Gasteiger partial charge in [0.15, 0.2) is 0 Å². The largest absolute Gasteiger partial charge is 0.363 e. The molecule has 0 saturated heterocycles. The zero-order valence-corrected chi connectivity index (χ0v) is 12.6. The molecule has 0 unspecified atom stereocenters. The topological polar surface area (TPSA) is 74.3 Å². The van der Waals surface area contributed by atoms with Crippen LogP contribution in [-0.2, 0) is 4.79 Å². The second kappa shape index (κ2) is 6.85. The summed E-state index contributed by atoms with van der Waals surface area (Å²) in [7, 11) is 3.78. The highest BCUT2D eigenvalue weighted by Crippen LogP contribution is 2.11. The van der Waals surface area contributed by atoms with Gasteiger partial charge in [0.1, 0.15) is 5.82 Å². The van der Waals surface area contributed by atoms with Crippen LogP contribution in [0.2, 0.25) is 0 Å². The molecule has 2 amide bonds. The predicted molar refractivity (Wildman–Crippen MR) is 83.8 cm³/mol. The van der Waals surface area contributed by atoms with Crippen LogP contribution in [-0.4, -0.2) is 37.4 Å². The number of carbonyl (C=O) groups excluding carboxylic acids is 2. The first-order valence-corrected chi connectivity index (χ1v) is 7.19. The van der Waals surface area contributed by atoms with Crippen LogP contribution in [0.1, 0.15) is 9.67 Å². The first kappa shape index (κ1) is 15.0. The van der Waals surface area contributed by atoms with E-state index in [1.807, 2.05) is 24.4 Å². The van der Waals surface area contributed by atoms with E-state index in [1.165, 1.54) is 11.3 Å². The average Bonchev–Trinajstić information content (AvgIpc) is 2.99. The number of carbonyl (C=O) groups is 2. The lowest BCUT2D eigenvalue weighted by Gasteiger charge is -2.11. The van der Waals surface area contributed by atoms with Crippen molar-refractivity contribution in [3.63, 3.8) is 0 Å². The lowest BCUT2D eigenvalue weighted by Crippen LogP contribution is -2.32. The molecule has 2 aromatic rings. The van der Waals surface area contributed by atoms with Crippen molar-refractivity contribution in [2.75, 3.05) is 30.9 Å². The Kier molecular flexibility index (Phi) is 4.89. The molecule has 7 heteroatoms. The van der Waals surface area contributed by atoms with E-state index in [1.54, 1.807) is 30.5 Å². The standard InChI is InChI=1S/C14H16N4O2S/c1-18(2)12-6-5-10(8-15-12)17-13(19)9-16-14(20)11-4-3-7-21-11/h3-8H,9H2,1-2H3,(H,16,20)(H,17,19). The Hall–Kier alpha value is -2.41. The number of anilines is 2. The molecule has 0 aromatic carbocycles. The average molecular weight is 304 g/mol. The molecule has 0 fully saturated rings. The lowest BCUT2D eigenvalue weighted by molar-refractivity contribution is -0.115. The van der Waals surface area contributed by atoms with E-state index in [2.05, 4.69) is 15.6 Å². The summed E-state index contributed by atoms with van der Waals surface area (Å²) in [5, 5.41) is 7.06. The van der Waals surface area contributed by atoms with Crippen molar-refractivity contribution in [1.29, 1.82) is 0 Å². The van der Waals surface area contributed by atoms with Crippen LogP contribution in [0.15, 0.2) is 35.8 Å². The molecule has 0 aliphatic carbocycles. The number of pyridine rings is 1. The molecule has 2 aromatic heterocycles. The molecule has 21 heavy (non-hydrogen) atoms. The van der Waals surface area contributed by atoms with Crippen LogP contribution in [0.3, 0.4) is 0 Å². The molecule has 0 aliphatic rings. The summed E-state index contributed by atoms with van der Waals surface area (Å²) in [6, 6.07) is 7.07. The highest BCUT2D eigenvalue weighted by atomic mass is 32.1. The van der Waals surface area contributed by atoms with Crippen molar-refractivity contribution in [3.05, 3.63) is 40.7 Å². The van der Waals surface area contributed by atoms with Gasteiger partial charge >= 0.3 is 0 Å². The van der Waals surface area contributed by atoms with E-state index >= 15 is 0 Å². The highest BCUT2D eigenvalue weighted by molar-refractivity contribution is 7.12. The number of amides is 2. The first-order chi connectivity index (χ1) is 10.1. The minimum atomic E-state index is -0.292. The zero-order chi connectivity index (χ0) is 15.2. The van der Waals surface area contributed by atoms with Gasteiger partial charge in [-0.2, -0.15) is 0 Å². The van der Waals surface area contributed by atoms with E-state index in [4.69, 9.17) is 0 Å². The van der Waals surface area contributed by atoms with Gasteiger partial charge in [-0.3, -0.25) is 9.59 Å². The number of thiophene rings is 1. The van der Waals surface area contributed by atoms with Gasteiger partial charge in [-0.15, -0.1) is 11.3 Å². The Morgan fingerprint density at radius 2 is 2.10 bits per heavy atom. The van der Waals surface area contributed by atoms with E-state index in [0.717, 1.165) is 5.82 Å². The Bertz CT molecular complexity index is 608. The first-order valence-electron chi connectivity index (χ1n) is 6.31. The molecular weight excluding hydrogens is 288 g/mol. The predicted octanol–water partition coefficient (Wildman–Crippen LogP) is 1.58. The van der Waals surface area contributed by atoms with Gasteiger partial charge < -0.3 is 15.5 Å². The summed E-state index contributed by atoms with van der Waals surface area (Å²) in [4.78, 5) is 30.1. The Balaban J connectivity index is 1.83. The molecule has 2 heterocycles. The van der Waals surface area contributed by atoms with Crippen LogP contribution in [0.5, 0.6) is 0 Å². The molecule has 0 aliphatic heterocycles. The molecule has 0 radical (unpaired) electrons. The third-order valence-electron chi connectivity index (χ3n) is 2.64. The van der Waals surface area contributed by atoms with E-state index < -0.39 is 0 Å². The molecule has 0 atom stereocenters. The minimum absolute atomic E-state index is 0.0772. The van der Waals surface area contributed by atoms with E-state index in [-0.39, 0.29) is 18.4 Å². The van der Waals surface area contributed by atoms with Crippen molar-refractivity contribution < 1.29 is 9.59 Å². The number of hydrogen-bond acceptors (Lipinski definition) is 5. The normalized spacial score (nSPS) is 10.0.